The molecule has 0 unspecified atom stereocenters. The number of fused-ring (bicyclic) bond motifs is 2. The predicted molar refractivity (Wildman–Crippen MR) is 106 cm³/mol. The second-order valence-corrected chi connectivity index (χ2v) is 7.17. The predicted octanol–water partition coefficient (Wildman–Crippen LogP) is 4.63. The highest BCUT2D eigenvalue weighted by atomic mass is 16.5. The molecule has 0 radical (unpaired) electrons. The number of nitrogens with zero attached hydrogens (tertiary/aromatic N) is 1. The summed E-state index contributed by atoms with van der Waals surface area (Å²) in [6.07, 6.45) is 5.33. The summed E-state index contributed by atoms with van der Waals surface area (Å²) in [6, 6.07) is 13.4. The van der Waals surface area contributed by atoms with Gasteiger partial charge in [0.1, 0.15) is 17.2 Å². The Kier molecular flexibility index (Phi) is 4.60. The van der Waals surface area contributed by atoms with Gasteiger partial charge in [0.2, 0.25) is 0 Å². The summed E-state index contributed by atoms with van der Waals surface area (Å²) in [5.41, 5.74) is 3.05. The third-order valence-electron chi connectivity index (χ3n) is 5.66. The number of anilines is 1. The van der Waals surface area contributed by atoms with Crippen LogP contribution in [0.25, 0.3) is 0 Å². The van der Waals surface area contributed by atoms with Crippen molar-refractivity contribution in [3.63, 3.8) is 0 Å². The highest BCUT2D eigenvalue weighted by Gasteiger charge is 2.47. The standard InChI is InChI=1S/C22H24N2O3/c1-26-16-8-6-7-15(13-16)23-21(25)20-22(11-4-3-5-12-22)18-10-9-17(27-2)14-19(18)24-20/h6-10,13-14H,3-5,11-12H2,1-2H3,(H,23,25). The SMILES string of the molecule is COc1cccc(NC(=O)C2=Nc3cc(OC)ccc3C23CCCCC3)c1. The summed E-state index contributed by atoms with van der Waals surface area (Å²) in [7, 11) is 3.26. The first kappa shape index (κ1) is 17.6. The molecule has 1 saturated carbocycles. The lowest BCUT2D eigenvalue weighted by molar-refractivity contribution is -0.110. The summed E-state index contributed by atoms with van der Waals surface area (Å²) in [5.74, 6) is 1.33. The molecule has 1 amide bonds. The first-order valence-electron chi connectivity index (χ1n) is 9.39. The minimum Gasteiger partial charge on any atom is -0.497 e. The fraction of sp³-hybridized carbons (Fsp3) is 0.364. The lowest BCUT2D eigenvalue weighted by Gasteiger charge is -2.35. The zero-order chi connectivity index (χ0) is 18.9. The monoisotopic (exact) mass is 364 g/mol. The largest absolute Gasteiger partial charge is 0.497 e. The van der Waals surface area contributed by atoms with E-state index in [1.807, 2.05) is 36.4 Å². The maximum atomic E-state index is 13.2. The molecule has 0 atom stereocenters. The zero-order valence-electron chi connectivity index (χ0n) is 15.7. The fourth-order valence-corrected chi connectivity index (χ4v) is 4.31. The Morgan fingerprint density at radius 3 is 2.48 bits per heavy atom. The van der Waals surface area contributed by atoms with Crippen molar-refractivity contribution < 1.29 is 14.3 Å². The summed E-state index contributed by atoms with van der Waals surface area (Å²) < 4.78 is 10.6. The van der Waals surface area contributed by atoms with Crippen molar-refractivity contribution in [1.29, 1.82) is 0 Å². The van der Waals surface area contributed by atoms with Crippen LogP contribution in [0.1, 0.15) is 37.7 Å². The number of hydrogen-bond acceptors (Lipinski definition) is 4. The van der Waals surface area contributed by atoms with Crippen molar-refractivity contribution in [2.45, 2.75) is 37.5 Å². The first-order chi connectivity index (χ1) is 13.2. The molecule has 1 heterocycles. The third kappa shape index (κ3) is 3.07. The maximum absolute atomic E-state index is 13.2. The molecule has 2 aromatic carbocycles. The lowest BCUT2D eigenvalue weighted by atomic mass is 9.67. The molecule has 1 fully saturated rings. The molecule has 5 nitrogen and oxygen atoms in total. The van der Waals surface area contributed by atoms with Gasteiger partial charge in [-0.25, -0.2) is 4.99 Å². The third-order valence-corrected chi connectivity index (χ3v) is 5.66. The number of ether oxygens (including phenoxy) is 2. The van der Waals surface area contributed by atoms with E-state index in [0.717, 1.165) is 42.7 Å². The van der Waals surface area contributed by atoms with Crippen LogP contribution in [0.2, 0.25) is 0 Å². The summed E-state index contributed by atoms with van der Waals surface area (Å²) >= 11 is 0. The van der Waals surface area contributed by atoms with E-state index in [2.05, 4.69) is 11.4 Å². The van der Waals surface area contributed by atoms with E-state index in [4.69, 9.17) is 14.5 Å². The van der Waals surface area contributed by atoms with E-state index in [-0.39, 0.29) is 11.3 Å². The molecule has 2 aromatic rings. The van der Waals surface area contributed by atoms with Crippen LogP contribution in [-0.2, 0) is 10.2 Å². The Bertz CT molecular complexity index is 898. The van der Waals surface area contributed by atoms with Gasteiger partial charge in [0.05, 0.1) is 19.9 Å². The van der Waals surface area contributed by atoms with E-state index >= 15 is 0 Å². The average molecular weight is 364 g/mol. The van der Waals surface area contributed by atoms with E-state index in [1.165, 1.54) is 6.42 Å². The number of benzene rings is 2. The lowest BCUT2D eigenvalue weighted by Crippen LogP contribution is -2.42. The van der Waals surface area contributed by atoms with Crippen LogP contribution >= 0.6 is 0 Å². The van der Waals surface area contributed by atoms with Gasteiger partial charge in [0, 0.05) is 23.2 Å². The molecule has 1 spiro atoms. The van der Waals surface area contributed by atoms with Gasteiger partial charge in [-0.2, -0.15) is 0 Å². The topological polar surface area (TPSA) is 59.9 Å². The van der Waals surface area contributed by atoms with Gasteiger partial charge in [-0.15, -0.1) is 0 Å². The molecule has 1 aliphatic carbocycles. The van der Waals surface area contributed by atoms with E-state index in [0.29, 0.717) is 17.1 Å². The van der Waals surface area contributed by atoms with Crippen LogP contribution in [-0.4, -0.2) is 25.8 Å². The molecule has 27 heavy (non-hydrogen) atoms. The van der Waals surface area contributed by atoms with Gasteiger partial charge in [-0.3, -0.25) is 4.79 Å². The average Bonchev–Trinajstić information content (AvgIpc) is 3.01. The van der Waals surface area contributed by atoms with Crippen molar-refractivity contribution in [1.82, 2.24) is 0 Å². The molecule has 5 heteroatoms. The number of hydrogen-bond donors (Lipinski definition) is 1. The van der Waals surface area contributed by atoms with Gasteiger partial charge >= 0.3 is 0 Å². The Labute approximate surface area is 159 Å². The molecule has 0 saturated heterocycles. The maximum Gasteiger partial charge on any atom is 0.271 e. The molecule has 1 aliphatic heterocycles. The fourth-order valence-electron chi connectivity index (χ4n) is 4.31. The number of methoxy groups -OCH3 is 2. The molecule has 1 N–H and O–H groups in total. The molecule has 140 valence electrons. The molecular formula is C22H24N2O3. The van der Waals surface area contributed by atoms with E-state index in [1.54, 1.807) is 14.2 Å². The normalized spacial score (nSPS) is 17.2. The minimum atomic E-state index is -0.289. The summed E-state index contributed by atoms with van der Waals surface area (Å²) in [6.45, 7) is 0. The number of rotatable bonds is 4. The van der Waals surface area contributed by atoms with Crippen LogP contribution in [0, 0.1) is 0 Å². The number of aliphatic imine (C=N–C) groups is 1. The highest BCUT2D eigenvalue weighted by Crippen LogP contribution is 2.50. The quantitative estimate of drug-likeness (QED) is 0.860. The van der Waals surface area contributed by atoms with E-state index in [9.17, 15) is 4.79 Å². The first-order valence-corrected chi connectivity index (χ1v) is 9.39. The van der Waals surface area contributed by atoms with Crippen molar-refractivity contribution in [3.8, 4) is 11.5 Å². The van der Waals surface area contributed by atoms with Gasteiger partial charge in [-0.1, -0.05) is 31.4 Å². The minimum absolute atomic E-state index is 0.139. The van der Waals surface area contributed by atoms with Gasteiger partial charge < -0.3 is 14.8 Å². The van der Waals surface area contributed by atoms with Crippen molar-refractivity contribution in [2.24, 2.45) is 4.99 Å². The molecule has 2 aliphatic rings. The molecule has 0 aromatic heterocycles. The number of nitrogens with one attached hydrogen (secondary N) is 1. The Balaban J connectivity index is 1.69. The Hall–Kier alpha value is -2.82. The Morgan fingerprint density at radius 2 is 1.74 bits per heavy atom. The molecular weight excluding hydrogens is 340 g/mol. The van der Waals surface area contributed by atoms with Crippen molar-refractivity contribution in [2.75, 3.05) is 19.5 Å². The summed E-state index contributed by atoms with van der Waals surface area (Å²) in [5, 5.41) is 3.01. The second kappa shape index (κ2) is 7.06. The zero-order valence-corrected chi connectivity index (χ0v) is 15.7. The van der Waals surface area contributed by atoms with Gasteiger partial charge in [0.25, 0.3) is 5.91 Å². The summed E-state index contributed by atoms with van der Waals surface area (Å²) in [4.78, 5) is 18.0. The Morgan fingerprint density at radius 1 is 1.00 bits per heavy atom. The van der Waals surface area contributed by atoms with Crippen LogP contribution < -0.4 is 14.8 Å². The number of amides is 1. The van der Waals surface area contributed by atoms with Gasteiger partial charge in [-0.05, 0) is 36.6 Å². The van der Waals surface area contributed by atoms with Gasteiger partial charge in [0.15, 0.2) is 0 Å². The number of carbonyl (C=O) groups excluding carboxylic acids is 1. The van der Waals surface area contributed by atoms with Crippen LogP contribution in [0.15, 0.2) is 47.5 Å². The number of carbonyl (C=O) groups is 1. The van der Waals surface area contributed by atoms with Crippen molar-refractivity contribution in [3.05, 3.63) is 48.0 Å². The van der Waals surface area contributed by atoms with Crippen LogP contribution in [0.3, 0.4) is 0 Å². The molecule has 4 rings (SSSR count). The molecule has 0 bridgehead atoms. The van der Waals surface area contributed by atoms with Crippen LogP contribution in [0.5, 0.6) is 11.5 Å². The van der Waals surface area contributed by atoms with E-state index < -0.39 is 0 Å². The van der Waals surface area contributed by atoms with Crippen molar-refractivity contribution >= 4 is 23.0 Å². The highest BCUT2D eigenvalue weighted by molar-refractivity contribution is 6.47. The van der Waals surface area contributed by atoms with Crippen LogP contribution in [0.4, 0.5) is 11.4 Å². The smallest absolute Gasteiger partial charge is 0.271 e. The second-order valence-electron chi connectivity index (χ2n) is 7.17.